The Kier molecular flexibility index (Phi) is 4.13. The molecule has 1 rings (SSSR count). The van der Waals surface area contributed by atoms with Gasteiger partial charge >= 0.3 is 0 Å². The number of ether oxygens (including phenoxy) is 2. The summed E-state index contributed by atoms with van der Waals surface area (Å²) in [6, 6.07) is 5.23. The monoisotopic (exact) mass is 224 g/mol. The first-order chi connectivity index (χ1) is 7.54. The van der Waals surface area contributed by atoms with Gasteiger partial charge in [-0.05, 0) is 24.6 Å². The third-order valence-corrected chi connectivity index (χ3v) is 2.08. The zero-order valence-electron chi connectivity index (χ0n) is 9.40. The lowest BCUT2D eigenvalue weighted by Gasteiger charge is -2.12. The van der Waals surface area contributed by atoms with Crippen LogP contribution in [0.25, 0.3) is 0 Å². The van der Waals surface area contributed by atoms with Gasteiger partial charge in [-0.15, -0.1) is 0 Å². The number of hydrogen-bond acceptors (Lipinski definition) is 4. The summed E-state index contributed by atoms with van der Waals surface area (Å²) >= 11 is 0. The molecule has 88 valence electrons. The number of nitrogens with two attached hydrogens (primary N) is 2. The van der Waals surface area contributed by atoms with Gasteiger partial charge in [0.25, 0.3) is 5.91 Å². The van der Waals surface area contributed by atoms with Crippen molar-refractivity contribution in [3.8, 4) is 11.5 Å². The molecule has 0 spiro atoms. The molecule has 0 heterocycles. The molecule has 4 N–H and O–H groups in total. The van der Waals surface area contributed by atoms with Crippen LogP contribution < -0.4 is 20.9 Å². The summed E-state index contributed by atoms with van der Waals surface area (Å²) in [5.74, 6) is 0.486. The van der Waals surface area contributed by atoms with E-state index in [1.54, 1.807) is 12.1 Å². The molecular formula is C11H16N2O3. The molecule has 0 aliphatic rings. The smallest absolute Gasteiger partial charge is 0.255 e. The number of amides is 1. The zero-order valence-corrected chi connectivity index (χ0v) is 9.40. The van der Waals surface area contributed by atoms with Gasteiger partial charge in [0.15, 0.2) is 18.1 Å². The van der Waals surface area contributed by atoms with Crippen LogP contribution in [0.1, 0.15) is 18.5 Å². The number of rotatable bonds is 5. The van der Waals surface area contributed by atoms with Crippen molar-refractivity contribution in [3.05, 3.63) is 23.8 Å². The molecule has 1 atom stereocenters. The van der Waals surface area contributed by atoms with Gasteiger partial charge in [-0.3, -0.25) is 4.79 Å². The number of benzene rings is 1. The summed E-state index contributed by atoms with van der Waals surface area (Å²) in [5.41, 5.74) is 11.7. The van der Waals surface area contributed by atoms with E-state index < -0.39 is 5.91 Å². The van der Waals surface area contributed by atoms with Crippen molar-refractivity contribution in [1.82, 2.24) is 0 Å². The Balaban J connectivity index is 2.88. The van der Waals surface area contributed by atoms with Crippen LogP contribution in [-0.4, -0.2) is 19.6 Å². The summed E-state index contributed by atoms with van der Waals surface area (Å²) in [5, 5.41) is 0. The predicted molar refractivity (Wildman–Crippen MR) is 60.3 cm³/mol. The highest BCUT2D eigenvalue weighted by molar-refractivity contribution is 5.75. The SMILES string of the molecule is COc1cc([C@H](C)N)ccc1OCC(N)=O. The van der Waals surface area contributed by atoms with Crippen molar-refractivity contribution >= 4 is 5.91 Å². The molecule has 5 nitrogen and oxygen atoms in total. The lowest BCUT2D eigenvalue weighted by molar-refractivity contribution is -0.119. The van der Waals surface area contributed by atoms with Crippen molar-refractivity contribution in [3.63, 3.8) is 0 Å². The molecule has 1 aromatic rings. The minimum absolute atomic E-state index is 0.0842. The van der Waals surface area contributed by atoms with E-state index in [0.29, 0.717) is 11.5 Å². The number of primary amides is 1. The maximum Gasteiger partial charge on any atom is 0.255 e. The highest BCUT2D eigenvalue weighted by atomic mass is 16.5. The van der Waals surface area contributed by atoms with Gasteiger partial charge in [-0.1, -0.05) is 6.07 Å². The van der Waals surface area contributed by atoms with E-state index in [-0.39, 0.29) is 12.6 Å². The van der Waals surface area contributed by atoms with Crippen molar-refractivity contribution in [2.24, 2.45) is 11.5 Å². The van der Waals surface area contributed by atoms with E-state index in [4.69, 9.17) is 20.9 Å². The van der Waals surface area contributed by atoms with Gasteiger partial charge in [0, 0.05) is 6.04 Å². The Morgan fingerprint density at radius 2 is 2.12 bits per heavy atom. The first-order valence-corrected chi connectivity index (χ1v) is 4.89. The van der Waals surface area contributed by atoms with Gasteiger partial charge < -0.3 is 20.9 Å². The third-order valence-electron chi connectivity index (χ3n) is 2.08. The molecule has 0 aliphatic heterocycles. The molecule has 0 radical (unpaired) electrons. The van der Waals surface area contributed by atoms with Crippen LogP contribution in [0.2, 0.25) is 0 Å². The molecule has 0 fully saturated rings. The summed E-state index contributed by atoms with van der Waals surface area (Å²) < 4.78 is 10.3. The summed E-state index contributed by atoms with van der Waals surface area (Å²) in [7, 11) is 1.53. The molecule has 1 aromatic carbocycles. The summed E-state index contributed by atoms with van der Waals surface area (Å²) in [6.07, 6.45) is 0. The van der Waals surface area contributed by atoms with E-state index in [9.17, 15) is 4.79 Å². The van der Waals surface area contributed by atoms with Crippen molar-refractivity contribution in [2.75, 3.05) is 13.7 Å². The van der Waals surface area contributed by atoms with Crippen LogP contribution >= 0.6 is 0 Å². The molecule has 5 heteroatoms. The third kappa shape index (κ3) is 3.13. The maximum absolute atomic E-state index is 10.6. The predicted octanol–water partition coefficient (Wildman–Crippen LogP) is 0.579. The first kappa shape index (κ1) is 12.3. The first-order valence-electron chi connectivity index (χ1n) is 4.89. The lowest BCUT2D eigenvalue weighted by atomic mass is 10.1. The quantitative estimate of drug-likeness (QED) is 0.765. The highest BCUT2D eigenvalue weighted by Crippen LogP contribution is 2.29. The Labute approximate surface area is 94.3 Å². The standard InChI is InChI=1S/C11H16N2O3/c1-7(12)8-3-4-9(10(5-8)15-2)16-6-11(13)14/h3-5,7H,6,12H2,1-2H3,(H2,13,14)/t7-/m0/s1. The fourth-order valence-electron chi connectivity index (χ4n) is 1.24. The average Bonchev–Trinajstić information content (AvgIpc) is 2.25. The second-order valence-corrected chi connectivity index (χ2v) is 3.45. The average molecular weight is 224 g/mol. The fourth-order valence-corrected chi connectivity index (χ4v) is 1.24. The second-order valence-electron chi connectivity index (χ2n) is 3.45. The molecule has 0 aromatic heterocycles. The highest BCUT2D eigenvalue weighted by Gasteiger charge is 2.08. The molecule has 0 bridgehead atoms. The molecule has 1 amide bonds. The molecule has 0 aliphatic carbocycles. The Morgan fingerprint density at radius 1 is 1.44 bits per heavy atom. The van der Waals surface area contributed by atoms with Crippen molar-refractivity contribution in [2.45, 2.75) is 13.0 Å². The number of methoxy groups -OCH3 is 1. The van der Waals surface area contributed by atoms with Gasteiger partial charge in [-0.25, -0.2) is 0 Å². The Bertz CT molecular complexity index is 377. The minimum atomic E-state index is -0.529. The van der Waals surface area contributed by atoms with Gasteiger partial charge in [0.1, 0.15) is 0 Å². The summed E-state index contributed by atoms with van der Waals surface area (Å²) in [4.78, 5) is 10.6. The topological polar surface area (TPSA) is 87.6 Å². The van der Waals surface area contributed by atoms with E-state index in [1.165, 1.54) is 7.11 Å². The Hall–Kier alpha value is -1.75. The molecule has 0 unspecified atom stereocenters. The van der Waals surface area contributed by atoms with Crippen LogP contribution in [0.5, 0.6) is 11.5 Å². The number of hydrogen-bond donors (Lipinski definition) is 2. The molecule has 16 heavy (non-hydrogen) atoms. The fraction of sp³-hybridized carbons (Fsp3) is 0.364. The molecular weight excluding hydrogens is 208 g/mol. The van der Waals surface area contributed by atoms with Crippen molar-refractivity contribution < 1.29 is 14.3 Å². The molecule has 0 saturated heterocycles. The number of carbonyl (C=O) groups excluding carboxylic acids is 1. The van der Waals surface area contributed by atoms with Crippen LogP contribution in [0.15, 0.2) is 18.2 Å². The largest absolute Gasteiger partial charge is 0.493 e. The van der Waals surface area contributed by atoms with E-state index in [1.807, 2.05) is 13.0 Å². The molecule has 0 saturated carbocycles. The summed E-state index contributed by atoms with van der Waals surface area (Å²) in [6.45, 7) is 1.70. The van der Waals surface area contributed by atoms with Crippen LogP contribution in [0, 0.1) is 0 Å². The van der Waals surface area contributed by atoms with E-state index in [2.05, 4.69) is 0 Å². The van der Waals surface area contributed by atoms with Gasteiger partial charge in [0.05, 0.1) is 7.11 Å². The second kappa shape index (κ2) is 5.37. The zero-order chi connectivity index (χ0) is 12.1. The van der Waals surface area contributed by atoms with Crippen LogP contribution in [0.3, 0.4) is 0 Å². The van der Waals surface area contributed by atoms with Crippen molar-refractivity contribution in [1.29, 1.82) is 0 Å². The number of carbonyl (C=O) groups is 1. The normalized spacial score (nSPS) is 11.9. The van der Waals surface area contributed by atoms with E-state index in [0.717, 1.165) is 5.56 Å². The van der Waals surface area contributed by atoms with Gasteiger partial charge in [0.2, 0.25) is 0 Å². The van der Waals surface area contributed by atoms with Gasteiger partial charge in [-0.2, -0.15) is 0 Å². The van der Waals surface area contributed by atoms with Crippen LogP contribution in [-0.2, 0) is 4.79 Å². The Morgan fingerprint density at radius 3 is 2.62 bits per heavy atom. The maximum atomic E-state index is 10.6. The van der Waals surface area contributed by atoms with Crippen LogP contribution in [0.4, 0.5) is 0 Å². The minimum Gasteiger partial charge on any atom is -0.493 e. The lowest BCUT2D eigenvalue weighted by Crippen LogP contribution is -2.20. The van der Waals surface area contributed by atoms with E-state index >= 15 is 0 Å².